The summed E-state index contributed by atoms with van der Waals surface area (Å²) in [5.74, 6) is -0.293. The molecule has 2 aromatic heterocycles. The van der Waals surface area contributed by atoms with Gasteiger partial charge in [0.15, 0.2) is 0 Å². The largest absolute Gasteiger partial charge is 0.430 e. The lowest BCUT2D eigenvalue weighted by Gasteiger charge is -2.38. The summed E-state index contributed by atoms with van der Waals surface area (Å²) in [6.07, 6.45) is 8.86. The van der Waals surface area contributed by atoms with Gasteiger partial charge in [-0.05, 0) is 77.0 Å². The highest BCUT2D eigenvalue weighted by atomic mass is 16.4. The second-order valence-corrected chi connectivity index (χ2v) is 8.98. The summed E-state index contributed by atoms with van der Waals surface area (Å²) in [4.78, 5) is 31.4. The van der Waals surface area contributed by atoms with E-state index in [1.54, 1.807) is 6.07 Å². The molecule has 0 spiro atoms. The van der Waals surface area contributed by atoms with Crippen LogP contribution < -0.4 is 11.1 Å². The number of fused-ring (bicyclic) bond motifs is 1. The van der Waals surface area contributed by atoms with Crippen LogP contribution in [0.2, 0.25) is 0 Å². The van der Waals surface area contributed by atoms with Crippen LogP contribution in [0.5, 0.6) is 0 Å². The lowest BCUT2D eigenvalue weighted by atomic mass is 9.98. The van der Waals surface area contributed by atoms with Crippen LogP contribution in [0, 0.1) is 12.8 Å². The van der Waals surface area contributed by atoms with Crippen molar-refractivity contribution in [1.29, 1.82) is 0 Å². The maximum absolute atomic E-state index is 12.7. The van der Waals surface area contributed by atoms with Crippen LogP contribution >= 0.6 is 0 Å². The van der Waals surface area contributed by atoms with E-state index in [0.717, 1.165) is 12.1 Å². The number of likely N-dealkylation sites (tertiary alicyclic amines) is 1. The van der Waals surface area contributed by atoms with Gasteiger partial charge in [0.05, 0.1) is 5.39 Å². The van der Waals surface area contributed by atoms with Crippen molar-refractivity contribution in [2.24, 2.45) is 11.7 Å². The monoisotopic (exact) mass is 412 g/mol. The Labute approximate surface area is 177 Å². The van der Waals surface area contributed by atoms with Crippen molar-refractivity contribution in [1.82, 2.24) is 9.88 Å². The van der Waals surface area contributed by atoms with Crippen LogP contribution in [0.4, 0.5) is 5.69 Å². The lowest BCUT2D eigenvalue weighted by Crippen LogP contribution is -2.43. The number of carbonyl (C=O) groups excluding carboxylic acids is 2. The number of aromatic nitrogens is 1. The maximum Gasteiger partial charge on any atom is 0.286 e. The van der Waals surface area contributed by atoms with Crippen LogP contribution in [0.25, 0.3) is 11.1 Å². The van der Waals surface area contributed by atoms with Crippen LogP contribution in [0.3, 0.4) is 0 Å². The van der Waals surface area contributed by atoms with Crippen LogP contribution in [-0.4, -0.2) is 40.3 Å². The number of primary amides is 1. The van der Waals surface area contributed by atoms with Gasteiger partial charge in [0.25, 0.3) is 5.91 Å². The van der Waals surface area contributed by atoms with Gasteiger partial charge >= 0.3 is 0 Å². The van der Waals surface area contributed by atoms with Gasteiger partial charge in [-0.15, -0.1) is 0 Å². The second kappa shape index (κ2) is 8.76. The third kappa shape index (κ3) is 4.36. The topological polar surface area (TPSA) is 101 Å². The normalized spacial score (nSPS) is 24.9. The predicted octanol–water partition coefficient (Wildman–Crippen LogP) is 4.00. The molecule has 30 heavy (non-hydrogen) atoms. The zero-order valence-electron chi connectivity index (χ0n) is 17.9. The zero-order valence-corrected chi connectivity index (χ0v) is 17.9. The predicted molar refractivity (Wildman–Crippen MR) is 116 cm³/mol. The number of hydrogen-bond donors (Lipinski definition) is 2. The number of rotatable bonds is 6. The molecule has 7 heteroatoms. The molecular formula is C23H32N4O3. The van der Waals surface area contributed by atoms with Crippen molar-refractivity contribution in [2.75, 3.05) is 11.9 Å². The molecule has 2 aromatic rings. The number of nitrogens with zero attached hydrogens (tertiary/aromatic N) is 2. The number of nitrogens with two attached hydrogens (primary N) is 1. The molecule has 1 aliphatic carbocycles. The Morgan fingerprint density at radius 2 is 2.10 bits per heavy atom. The summed E-state index contributed by atoms with van der Waals surface area (Å²) >= 11 is 0. The van der Waals surface area contributed by atoms with Gasteiger partial charge in [0.2, 0.25) is 17.4 Å². The van der Waals surface area contributed by atoms with E-state index < -0.39 is 5.91 Å². The molecule has 0 bridgehead atoms. The van der Waals surface area contributed by atoms with Crippen molar-refractivity contribution < 1.29 is 14.0 Å². The smallest absolute Gasteiger partial charge is 0.286 e. The van der Waals surface area contributed by atoms with E-state index in [1.165, 1.54) is 45.1 Å². The Kier molecular flexibility index (Phi) is 6.09. The molecule has 1 aliphatic heterocycles. The highest BCUT2D eigenvalue weighted by Crippen LogP contribution is 2.36. The first-order valence-electron chi connectivity index (χ1n) is 11.2. The number of amides is 2. The summed E-state index contributed by atoms with van der Waals surface area (Å²) in [6, 6.07) is 4.97. The molecule has 1 saturated carbocycles. The number of anilines is 1. The number of hydrogen-bond acceptors (Lipinski definition) is 5. The highest BCUT2D eigenvalue weighted by Gasteiger charge is 2.32. The average molecular weight is 413 g/mol. The Morgan fingerprint density at radius 3 is 2.87 bits per heavy atom. The molecule has 3 heterocycles. The van der Waals surface area contributed by atoms with E-state index >= 15 is 0 Å². The highest BCUT2D eigenvalue weighted by molar-refractivity contribution is 6.09. The summed E-state index contributed by atoms with van der Waals surface area (Å²) in [5, 5.41) is 3.46. The average Bonchev–Trinajstić information content (AvgIpc) is 3.31. The van der Waals surface area contributed by atoms with E-state index in [1.807, 2.05) is 13.0 Å². The molecule has 2 amide bonds. The Hall–Kier alpha value is -2.41. The maximum atomic E-state index is 12.7. The molecule has 0 aromatic carbocycles. The van der Waals surface area contributed by atoms with Crippen molar-refractivity contribution in [3.8, 4) is 0 Å². The minimum atomic E-state index is -0.713. The minimum Gasteiger partial charge on any atom is -0.430 e. The van der Waals surface area contributed by atoms with Crippen LogP contribution in [0.1, 0.15) is 74.5 Å². The first-order chi connectivity index (χ1) is 14.4. The van der Waals surface area contributed by atoms with Gasteiger partial charge in [0.1, 0.15) is 5.69 Å². The van der Waals surface area contributed by atoms with Gasteiger partial charge in [0, 0.05) is 24.2 Å². The molecule has 4 rings (SSSR count). The Balaban J connectivity index is 1.35. The van der Waals surface area contributed by atoms with Crippen molar-refractivity contribution >= 4 is 28.6 Å². The molecule has 3 atom stereocenters. The molecule has 2 fully saturated rings. The fourth-order valence-electron chi connectivity index (χ4n) is 5.18. The molecule has 7 nitrogen and oxygen atoms in total. The van der Waals surface area contributed by atoms with Gasteiger partial charge < -0.3 is 15.5 Å². The standard InChI is InChI=1S/C23H32N4O3/c1-14-6-10-18-20(21(22(24)29)30-23(18)25-14)26-19(28)11-8-16-7-9-17(13-16)27-12-4-3-5-15(27)2/h6,10,15-17H,3-5,7-9,11-13H2,1-2H3,(H2,24,29)(H,26,28)/t15?,16?,17-/m1/s1. The fraction of sp³-hybridized carbons (Fsp3) is 0.609. The van der Waals surface area contributed by atoms with Gasteiger partial charge in [-0.3, -0.25) is 14.5 Å². The molecule has 0 radical (unpaired) electrons. The Bertz CT molecular complexity index is 938. The van der Waals surface area contributed by atoms with Crippen LogP contribution in [0.15, 0.2) is 16.5 Å². The van der Waals surface area contributed by atoms with Gasteiger partial charge in [-0.1, -0.05) is 6.42 Å². The van der Waals surface area contributed by atoms with Gasteiger partial charge in [-0.2, -0.15) is 0 Å². The van der Waals surface area contributed by atoms with E-state index in [9.17, 15) is 9.59 Å². The third-order valence-electron chi connectivity index (χ3n) is 6.80. The second-order valence-electron chi connectivity index (χ2n) is 8.98. The van der Waals surface area contributed by atoms with E-state index in [2.05, 4.69) is 22.1 Å². The summed E-state index contributed by atoms with van der Waals surface area (Å²) in [6.45, 7) is 5.40. The first-order valence-corrected chi connectivity index (χ1v) is 11.2. The van der Waals surface area contributed by atoms with Gasteiger partial charge in [-0.25, -0.2) is 4.98 Å². The minimum absolute atomic E-state index is 0.0449. The molecule has 3 N–H and O–H groups in total. The molecule has 1 saturated heterocycles. The SMILES string of the molecule is Cc1ccc2c(NC(=O)CCC3CC[C@@H](N4CCCCC4C)C3)c(C(N)=O)oc2n1. The van der Waals surface area contributed by atoms with E-state index in [-0.39, 0.29) is 11.7 Å². The number of pyridine rings is 1. The summed E-state index contributed by atoms with van der Waals surface area (Å²) < 4.78 is 5.51. The number of carbonyl (C=O) groups is 2. The fourth-order valence-corrected chi connectivity index (χ4v) is 5.18. The van der Waals surface area contributed by atoms with Crippen LogP contribution in [-0.2, 0) is 4.79 Å². The number of piperidine rings is 1. The molecular weight excluding hydrogens is 380 g/mol. The third-order valence-corrected chi connectivity index (χ3v) is 6.80. The molecule has 162 valence electrons. The quantitative estimate of drug-likeness (QED) is 0.747. The first kappa shape index (κ1) is 20.8. The number of furan rings is 1. The summed E-state index contributed by atoms with van der Waals surface area (Å²) in [5.41, 5.74) is 6.86. The van der Waals surface area contributed by atoms with E-state index in [0.29, 0.717) is 41.2 Å². The van der Waals surface area contributed by atoms with E-state index in [4.69, 9.17) is 10.2 Å². The number of nitrogens with one attached hydrogen (secondary N) is 1. The summed E-state index contributed by atoms with van der Waals surface area (Å²) in [7, 11) is 0. The number of aryl methyl sites for hydroxylation is 1. The lowest BCUT2D eigenvalue weighted by molar-refractivity contribution is -0.116. The van der Waals surface area contributed by atoms with Crippen molar-refractivity contribution in [2.45, 2.75) is 77.3 Å². The molecule has 2 aliphatic rings. The van der Waals surface area contributed by atoms with Crippen molar-refractivity contribution in [3.05, 3.63) is 23.6 Å². The molecule has 2 unspecified atom stereocenters. The zero-order chi connectivity index (χ0) is 21.3. The van der Waals surface area contributed by atoms with Crippen molar-refractivity contribution in [3.63, 3.8) is 0 Å². The Morgan fingerprint density at radius 1 is 1.27 bits per heavy atom.